The van der Waals surface area contributed by atoms with Crippen LogP contribution in [0.3, 0.4) is 0 Å². The molecule has 1 amide bonds. The van der Waals surface area contributed by atoms with Gasteiger partial charge in [-0.2, -0.15) is 11.8 Å². The topological polar surface area (TPSA) is 55.1 Å². The molecule has 18 heavy (non-hydrogen) atoms. The van der Waals surface area contributed by atoms with Gasteiger partial charge in [-0.1, -0.05) is 39.0 Å². The van der Waals surface area contributed by atoms with E-state index in [1.807, 2.05) is 11.8 Å². The molecule has 1 atom stereocenters. The van der Waals surface area contributed by atoms with Crippen LogP contribution in [0.1, 0.15) is 58.3 Å². The quantitative estimate of drug-likeness (QED) is 0.749. The number of unbranched alkanes of at least 4 members (excludes halogenated alkanes) is 1. The van der Waals surface area contributed by atoms with Crippen LogP contribution < -0.4 is 11.1 Å². The molecule has 4 heteroatoms. The van der Waals surface area contributed by atoms with E-state index in [2.05, 4.69) is 18.5 Å². The fourth-order valence-electron chi connectivity index (χ4n) is 2.58. The van der Waals surface area contributed by atoms with E-state index < -0.39 is 0 Å². The van der Waals surface area contributed by atoms with Crippen LogP contribution in [0, 0.1) is 0 Å². The molecule has 0 spiro atoms. The molecule has 1 aliphatic carbocycles. The van der Waals surface area contributed by atoms with E-state index in [0.717, 1.165) is 25.8 Å². The molecule has 0 heterocycles. The molecular formula is C14H28N2OS. The average molecular weight is 272 g/mol. The zero-order valence-electron chi connectivity index (χ0n) is 11.8. The summed E-state index contributed by atoms with van der Waals surface area (Å²) in [6, 6.07) is -0.326. The fourth-order valence-corrected chi connectivity index (χ4v) is 3.50. The first kappa shape index (κ1) is 15.8. The second-order valence-electron chi connectivity index (χ2n) is 5.41. The second-order valence-corrected chi connectivity index (χ2v) is 6.69. The highest BCUT2D eigenvalue weighted by Crippen LogP contribution is 2.37. The van der Waals surface area contributed by atoms with Crippen LogP contribution in [0.4, 0.5) is 0 Å². The number of nitrogens with one attached hydrogen (secondary N) is 1. The highest BCUT2D eigenvalue weighted by molar-refractivity contribution is 8.00. The molecule has 1 saturated carbocycles. The minimum absolute atomic E-state index is 0.0300. The fraction of sp³-hybridized carbons (Fsp3) is 0.929. The molecule has 1 fully saturated rings. The standard InChI is InChI=1S/C14H28N2OS/c1-3-4-8-12(15)13(17)16-11-14(18-2)9-6-5-7-10-14/h12H,3-11,15H2,1-2H3,(H,16,17). The third-order valence-electron chi connectivity index (χ3n) is 3.99. The third kappa shape index (κ3) is 4.81. The zero-order chi connectivity index (χ0) is 13.4. The van der Waals surface area contributed by atoms with E-state index in [0.29, 0.717) is 0 Å². The molecule has 0 saturated heterocycles. The summed E-state index contributed by atoms with van der Waals surface area (Å²) in [7, 11) is 0. The van der Waals surface area contributed by atoms with Crippen molar-refractivity contribution in [1.29, 1.82) is 0 Å². The van der Waals surface area contributed by atoms with E-state index in [9.17, 15) is 4.79 Å². The molecule has 3 N–H and O–H groups in total. The van der Waals surface area contributed by atoms with E-state index in [1.54, 1.807) is 0 Å². The zero-order valence-corrected chi connectivity index (χ0v) is 12.7. The van der Waals surface area contributed by atoms with Crippen LogP contribution >= 0.6 is 11.8 Å². The first-order valence-corrected chi connectivity index (χ1v) is 8.44. The van der Waals surface area contributed by atoms with Gasteiger partial charge in [0.25, 0.3) is 0 Å². The molecule has 1 rings (SSSR count). The lowest BCUT2D eigenvalue weighted by Crippen LogP contribution is -2.47. The van der Waals surface area contributed by atoms with Crippen LogP contribution in [0.25, 0.3) is 0 Å². The number of hydrogen-bond donors (Lipinski definition) is 2. The van der Waals surface area contributed by atoms with Gasteiger partial charge in [-0.15, -0.1) is 0 Å². The molecule has 0 aliphatic heterocycles. The summed E-state index contributed by atoms with van der Waals surface area (Å²) in [6.45, 7) is 2.90. The van der Waals surface area contributed by atoms with Gasteiger partial charge in [-0.3, -0.25) is 4.79 Å². The average Bonchev–Trinajstić information content (AvgIpc) is 2.43. The Kier molecular flexibility index (Phi) is 7.08. The lowest BCUT2D eigenvalue weighted by Gasteiger charge is -2.36. The molecule has 106 valence electrons. The van der Waals surface area contributed by atoms with Gasteiger partial charge in [-0.25, -0.2) is 0 Å². The van der Waals surface area contributed by atoms with Crippen molar-refractivity contribution in [2.24, 2.45) is 5.73 Å². The molecule has 0 aromatic rings. The highest BCUT2D eigenvalue weighted by Gasteiger charge is 2.31. The van der Waals surface area contributed by atoms with E-state index in [-0.39, 0.29) is 16.7 Å². The van der Waals surface area contributed by atoms with Crippen molar-refractivity contribution >= 4 is 17.7 Å². The molecule has 0 aromatic heterocycles. The monoisotopic (exact) mass is 272 g/mol. The Morgan fingerprint density at radius 2 is 2.06 bits per heavy atom. The molecule has 1 unspecified atom stereocenters. The number of carbonyl (C=O) groups is 1. The number of rotatable bonds is 7. The number of thioether (sulfide) groups is 1. The van der Waals surface area contributed by atoms with Gasteiger partial charge in [0.2, 0.25) is 5.91 Å². The summed E-state index contributed by atoms with van der Waals surface area (Å²) in [5.41, 5.74) is 5.88. The molecular weight excluding hydrogens is 244 g/mol. The maximum Gasteiger partial charge on any atom is 0.236 e. The lowest BCUT2D eigenvalue weighted by atomic mass is 9.88. The Morgan fingerprint density at radius 1 is 1.39 bits per heavy atom. The minimum atomic E-state index is -0.326. The van der Waals surface area contributed by atoms with Crippen LogP contribution in [0.5, 0.6) is 0 Å². The Bertz CT molecular complexity index is 252. The molecule has 3 nitrogen and oxygen atoms in total. The van der Waals surface area contributed by atoms with Crippen molar-refractivity contribution in [2.45, 2.75) is 69.1 Å². The Morgan fingerprint density at radius 3 is 2.61 bits per heavy atom. The second kappa shape index (κ2) is 8.05. The summed E-state index contributed by atoms with van der Waals surface area (Å²) in [6.07, 6.45) is 11.4. The maximum absolute atomic E-state index is 11.9. The van der Waals surface area contributed by atoms with E-state index in [4.69, 9.17) is 5.73 Å². The van der Waals surface area contributed by atoms with Gasteiger partial charge in [0.15, 0.2) is 0 Å². The minimum Gasteiger partial charge on any atom is -0.353 e. The number of carbonyl (C=O) groups excluding carboxylic acids is 1. The van der Waals surface area contributed by atoms with E-state index >= 15 is 0 Å². The smallest absolute Gasteiger partial charge is 0.236 e. The van der Waals surface area contributed by atoms with E-state index in [1.165, 1.54) is 32.1 Å². The Balaban J connectivity index is 2.35. The van der Waals surface area contributed by atoms with Crippen LogP contribution in [-0.2, 0) is 4.79 Å². The third-order valence-corrected chi connectivity index (χ3v) is 5.41. The van der Waals surface area contributed by atoms with Crippen molar-refractivity contribution < 1.29 is 4.79 Å². The predicted molar refractivity (Wildman–Crippen MR) is 79.8 cm³/mol. The van der Waals surface area contributed by atoms with Crippen molar-refractivity contribution in [2.75, 3.05) is 12.8 Å². The number of hydrogen-bond acceptors (Lipinski definition) is 3. The lowest BCUT2D eigenvalue weighted by molar-refractivity contribution is -0.122. The molecule has 0 radical (unpaired) electrons. The van der Waals surface area contributed by atoms with Crippen LogP contribution in [0.15, 0.2) is 0 Å². The Hall–Kier alpha value is -0.220. The Labute approximate surface area is 116 Å². The SMILES string of the molecule is CCCCC(N)C(=O)NCC1(SC)CCCCC1. The van der Waals surface area contributed by atoms with Crippen molar-refractivity contribution in [3.63, 3.8) is 0 Å². The van der Waals surface area contributed by atoms with Crippen molar-refractivity contribution in [3.05, 3.63) is 0 Å². The predicted octanol–water partition coefficient (Wildman–Crippen LogP) is 2.69. The number of amides is 1. The van der Waals surface area contributed by atoms with Gasteiger partial charge in [-0.05, 0) is 25.5 Å². The summed E-state index contributed by atoms with van der Waals surface area (Å²) in [5, 5.41) is 3.07. The van der Waals surface area contributed by atoms with Crippen LogP contribution in [-0.4, -0.2) is 29.5 Å². The summed E-state index contributed by atoms with van der Waals surface area (Å²) >= 11 is 1.91. The molecule has 0 bridgehead atoms. The molecule has 0 aromatic carbocycles. The first-order valence-electron chi connectivity index (χ1n) is 7.22. The maximum atomic E-state index is 11.9. The largest absolute Gasteiger partial charge is 0.353 e. The summed E-state index contributed by atoms with van der Waals surface area (Å²) < 4.78 is 0.262. The van der Waals surface area contributed by atoms with Crippen molar-refractivity contribution in [1.82, 2.24) is 5.32 Å². The first-order chi connectivity index (χ1) is 8.63. The number of nitrogens with two attached hydrogens (primary N) is 1. The molecule has 1 aliphatic rings. The normalized spacial score (nSPS) is 20.4. The van der Waals surface area contributed by atoms with Gasteiger partial charge in [0.05, 0.1) is 6.04 Å². The van der Waals surface area contributed by atoms with Crippen molar-refractivity contribution in [3.8, 4) is 0 Å². The van der Waals surface area contributed by atoms with Gasteiger partial charge < -0.3 is 11.1 Å². The summed E-state index contributed by atoms with van der Waals surface area (Å²) in [5.74, 6) is 0.0300. The van der Waals surface area contributed by atoms with Gasteiger partial charge >= 0.3 is 0 Å². The van der Waals surface area contributed by atoms with Gasteiger partial charge in [0, 0.05) is 11.3 Å². The highest BCUT2D eigenvalue weighted by atomic mass is 32.2. The van der Waals surface area contributed by atoms with Crippen LogP contribution in [0.2, 0.25) is 0 Å². The van der Waals surface area contributed by atoms with Gasteiger partial charge in [0.1, 0.15) is 0 Å². The summed E-state index contributed by atoms with van der Waals surface area (Å²) in [4.78, 5) is 11.9.